The van der Waals surface area contributed by atoms with Gasteiger partial charge in [-0.3, -0.25) is 4.40 Å². The van der Waals surface area contributed by atoms with Crippen molar-refractivity contribution in [2.24, 2.45) is 5.73 Å². The van der Waals surface area contributed by atoms with E-state index in [9.17, 15) is 4.39 Å². The molecular formula is C19H15FN4S. The van der Waals surface area contributed by atoms with Gasteiger partial charge in [0.25, 0.3) is 0 Å². The Morgan fingerprint density at radius 2 is 1.76 bits per heavy atom. The number of benzene rings is 2. The number of pyridine rings is 1. The Labute approximate surface area is 148 Å². The third kappa shape index (κ3) is 3.01. The fraction of sp³-hybridized carbons (Fsp3) is 0.0526. The molecule has 2 heterocycles. The van der Waals surface area contributed by atoms with Crippen molar-refractivity contribution in [1.82, 2.24) is 14.6 Å². The highest BCUT2D eigenvalue weighted by Crippen LogP contribution is 2.31. The van der Waals surface area contributed by atoms with Gasteiger partial charge in [0.2, 0.25) is 0 Å². The minimum Gasteiger partial charge on any atom is -0.326 e. The van der Waals surface area contributed by atoms with Gasteiger partial charge >= 0.3 is 0 Å². The maximum atomic E-state index is 14.1. The molecule has 2 N–H and O–H groups in total. The molecule has 4 aromatic rings. The Morgan fingerprint density at radius 3 is 2.60 bits per heavy atom. The van der Waals surface area contributed by atoms with Crippen molar-refractivity contribution >= 4 is 17.4 Å². The van der Waals surface area contributed by atoms with Crippen LogP contribution >= 0.6 is 11.8 Å². The summed E-state index contributed by atoms with van der Waals surface area (Å²) in [5.74, 6) is 0.172. The second-order valence-corrected chi connectivity index (χ2v) is 6.63. The minimum absolute atomic E-state index is 0.316. The summed E-state index contributed by atoms with van der Waals surface area (Å²) < 4.78 is 15.9. The van der Waals surface area contributed by atoms with E-state index in [-0.39, 0.29) is 5.82 Å². The zero-order chi connectivity index (χ0) is 17.2. The summed E-state index contributed by atoms with van der Waals surface area (Å²) in [6.07, 6.45) is 1.93. The largest absolute Gasteiger partial charge is 0.326 e. The zero-order valence-corrected chi connectivity index (χ0v) is 14.1. The molecule has 4 nitrogen and oxygen atoms in total. The quantitative estimate of drug-likeness (QED) is 0.601. The lowest BCUT2D eigenvalue weighted by molar-refractivity contribution is 0.629. The molecule has 0 saturated heterocycles. The average molecular weight is 350 g/mol. The lowest BCUT2D eigenvalue weighted by Gasteiger charge is -2.08. The lowest BCUT2D eigenvalue weighted by Crippen LogP contribution is -1.98. The summed E-state index contributed by atoms with van der Waals surface area (Å²) in [5.41, 5.74) is 8.01. The maximum Gasteiger partial charge on any atom is 0.171 e. The first-order valence-electron chi connectivity index (χ1n) is 7.82. The van der Waals surface area contributed by atoms with Crippen LogP contribution in [0.15, 0.2) is 76.7 Å². The number of halogens is 1. The van der Waals surface area contributed by atoms with Crippen molar-refractivity contribution in [3.8, 4) is 11.4 Å². The van der Waals surface area contributed by atoms with E-state index < -0.39 is 0 Å². The van der Waals surface area contributed by atoms with Gasteiger partial charge in [-0.1, -0.05) is 42.1 Å². The number of hydrogen-bond donors (Lipinski definition) is 1. The average Bonchev–Trinajstić information content (AvgIpc) is 3.06. The Balaban J connectivity index is 1.78. The second-order valence-electron chi connectivity index (χ2n) is 5.51. The van der Waals surface area contributed by atoms with Crippen LogP contribution in [0.2, 0.25) is 0 Å². The normalized spacial score (nSPS) is 11.1. The molecule has 0 atom stereocenters. The SMILES string of the molecule is NCc1ccccc1Sc1ccc2nnc(-c3ccccc3F)n2c1. The zero-order valence-electron chi connectivity index (χ0n) is 13.3. The van der Waals surface area contributed by atoms with E-state index in [4.69, 9.17) is 5.73 Å². The highest BCUT2D eigenvalue weighted by molar-refractivity contribution is 7.99. The van der Waals surface area contributed by atoms with Crippen LogP contribution < -0.4 is 5.73 Å². The summed E-state index contributed by atoms with van der Waals surface area (Å²) in [6.45, 7) is 0.485. The van der Waals surface area contributed by atoms with Gasteiger partial charge in [0.05, 0.1) is 5.56 Å². The fourth-order valence-corrected chi connectivity index (χ4v) is 3.63. The lowest BCUT2D eigenvalue weighted by atomic mass is 10.2. The van der Waals surface area contributed by atoms with Crippen molar-refractivity contribution in [2.75, 3.05) is 0 Å². The standard InChI is InChI=1S/C19H15FN4S/c20-16-7-3-2-6-15(16)19-23-22-18-10-9-14(12-24(18)19)25-17-8-4-1-5-13(17)11-21/h1-10,12H,11,21H2. The summed E-state index contributed by atoms with van der Waals surface area (Å²) in [5, 5.41) is 8.29. The monoisotopic (exact) mass is 350 g/mol. The van der Waals surface area contributed by atoms with Gasteiger partial charge in [-0.05, 0) is 35.9 Å². The van der Waals surface area contributed by atoms with Gasteiger partial charge in [0.15, 0.2) is 11.5 Å². The van der Waals surface area contributed by atoms with Crippen LogP contribution in [0, 0.1) is 5.82 Å². The van der Waals surface area contributed by atoms with Crippen LogP contribution in [-0.4, -0.2) is 14.6 Å². The topological polar surface area (TPSA) is 56.2 Å². The molecule has 2 aromatic carbocycles. The molecule has 0 amide bonds. The predicted molar refractivity (Wildman–Crippen MR) is 96.8 cm³/mol. The molecule has 0 fully saturated rings. The van der Waals surface area contributed by atoms with E-state index in [1.807, 2.05) is 47.0 Å². The maximum absolute atomic E-state index is 14.1. The number of hydrogen-bond acceptors (Lipinski definition) is 4. The molecule has 2 aromatic heterocycles. The van der Waals surface area contributed by atoms with Gasteiger partial charge in [0.1, 0.15) is 5.82 Å². The van der Waals surface area contributed by atoms with Gasteiger partial charge in [-0.15, -0.1) is 10.2 Å². The number of rotatable bonds is 4. The van der Waals surface area contributed by atoms with Gasteiger partial charge in [-0.2, -0.15) is 0 Å². The Kier molecular flexibility index (Phi) is 4.21. The molecule has 124 valence electrons. The number of nitrogens with zero attached hydrogens (tertiary/aromatic N) is 3. The minimum atomic E-state index is -0.316. The summed E-state index contributed by atoms with van der Waals surface area (Å²) in [6, 6.07) is 18.5. The van der Waals surface area contributed by atoms with E-state index in [0.29, 0.717) is 23.6 Å². The first-order chi connectivity index (χ1) is 12.3. The molecule has 0 radical (unpaired) electrons. The molecule has 25 heavy (non-hydrogen) atoms. The molecule has 6 heteroatoms. The van der Waals surface area contributed by atoms with Crippen molar-refractivity contribution in [3.63, 3.8) is 0 Å². The van der Waals surface area contributed by atoms with Crippen molar-refractivity contribution in [2.45, 2.75) is 16.3 Å². The molecule has 0 unspecified atom stereocenters. The number of fused-ring (bicyclic) bond motifs is 1. The van der Waals surface area contributed by atoms with E-state index in [0.717, 1.165) is 15.4 Å². The fourth-order valence-electron chi connectivity index (χ4n) is 2.66. The number of aromatic nitrogens is 3. The third-order valence-corrected chi connectivity index (χ3v) is 5.01. The van der Waals surface area contributed by atoms with E-state index in [2.05, 4.69) is 10.2 Å². The van der Waals surface area contributed by atoms with E-state index >= 15 is 0 Å². The molecule has 0 saturated carbocycles. The van der Waals surface area contributed by atoms with Gasteiger partial charge in [-0.25, -0.2) is 4.39 Å². The van der Waals surface area contributed by atoms with E-state index in [1.165, 1.54) is 6.07 Å². The van der Waals surface area contributed by atoms with Gasteiger partial charge < -0.3 is 5.73 Å². The number of nitrogens with two attached hydrogens (primary N) is 1. The van der Waals surface area contributed by atoms with Crippen molar-refractivity contribution < 1.29 is 4.39 Å². The highest BCUT2D eigenvalue weighted by atomic mass is 32.2. The van der Waals surface area contributed by atoms with E-state index in [1.54, 1.807) is 30.0 Å². The van der Waals surface area contributed by atoms with Crippen LogP contribution in [0.25, 0.3) is 17.0 Å². The summed E-state index contributed by atoms with van der Waals surface area (Å²) in [7, 11) is 0. The predicted octanol–water partition coefficient (Wildman–Crippen LogP) is 4.15. The van der Waals surface area contributed by atoms with Crippen LogP contribution in [0.4, 0.5) is 4.39 Å². The molecule has 4 rings (SSSR count). The third-order valence-electron chi connectivity index (χ3n) is 3.91. The summed E-state index contributed by atoms with van der Waals surface area (Å²) in [4.78, 5) is 2.11. The van der Waals surface area contributed by atoms with Crippen LogP contribution in [0.5, 0.6) is 0 Å². The van der Waals surface area contributed by atoms with Gasteiger partial charge in [0, 0.05) is 22.5 Å². The van der Waals surface area contributed by atoms with Crippen LogP contribution in [0.1, 0.15) is 5.56 Å². The smallest absolute Gasteiger partial charge is 0.171 e. The molecular weight excluding hydrogens is 335 g/mol. The molecule has 0 aliphatic rings. The first kappa shape index (κ1) is 15.8. The second kappa shape index (κ2) is 6.66. The Hall–Kier alpha value is -2.70. The van der Waals surface area contributed by atoms with Crippen molar-refractivity contribution in [3.05, 3.63) is 78.2 Å². The molecule has 0 aliphatic carbocycles. The first-order valence-corrected chi connectivity index (χ1v) is 8.63. The summed E-state index contributed by atoms with van der Waals surface area (Å²) >= 11 is 1.61. The molecule has 0 bridgehead atoms. The Morgan fingerprint density at radius 1 is 0.960 bits per heavy atom. The Bertz CT molecular complexity index is 1040. The highest BCUT2D eigenvalue weighted by Gasteiger charge is 2.13. The van der Waals surface area contributed by atoms with Crippen LogP contribution in [-0.2, 0) is 6.54 Å². The van der Waals surface area contributed by atoms with Crippen molar-refractivity contribution in [1.29, 1.82) is 0 Å². The molecule has 0 spiro atoms. The molecule has 0 aliphatic heterocycles. The van der Waals surface area contributed by atoms with Crippen LogP contribution in [0.3, 0.4) is 0 Å².